The van der Waals surface area contributed by atoms with Gasteiger partial charge >= 0.3 is 0 Å². The number of benzene rings is 2. The van der Waals surface area contributed by atoms with Crippen LogP contribution >= 0.6 is 0 Å². The van der Waals surface area contributed by atoms with Crippen LogP contribution in [0.15, 0.2) is 48.5 Å². The van der Waals surface area contributed by atoms with Gasteiger partial charge in [0.1, 0.15) is 0 Å². The molecule has 1 amide bonds. The van der Waals surface area contributed by atoms with Crippen LogP contribution in [0, 0.1) is 10.1 Å². The number of rotatable bonds is 5. The second kappa shape index (κ2) is 9.45. The van der Waals surface area contributed by atoms with E-state index >= 15 is 0 Å². The minimum atomic E-state index is -0.451. The summed E-state index contributed by atoms with van der Waals surface area (Å²) in [6, 6.07) is 13.9. The summed E-state index contributed by atoms with van der Waals surface area (Å²) in [6.45, 7) is 7.86. The second-order valence-electron chi connectivity index (χ2n) is 8.24. The van der Waals surface area contributed by atoms with E-state index in [0.29, 0.717) is 12.1 Å². The lowest BCUT2D eigenvalue weighted by Crippen LogP contribution is -2.47. The summed E-state index contributed by atoms with van der Waals surface area (Å²) in [7, 11) is 2.17. The van der Waals surface area contributed by atoms with Crippen LogP contribution in [0.2, 0.25) is 0 Å². The lowest BCUT2D eigenvalue weighted by Gasteiger charge is -2.34. The van der Waals surface area contributed by atoms with E-state index in [1.165, 1.54) is 12.1 Å². The maximum atomic E-state index is 13.3. The number of carbonyl (C=O) groups excluding carboxylic acids is 1. The van der Waals surface area contributed by atoms with Crippen molar-refractivity contribution in [1.29, 1.82) is 0 Å². The molecule has 4 rings (SSSR count). The lowest BCUT2D eigenvalue weighted by molar-refractivity contribution is -0.384. The predicted octanol–water partition coefficient (Wildman–Crippen LogP) is 2.70. The second-order valence-corrected chi connectivity index (χ2v) is 8.24. The summed E-state index contributed by atoms with van der Waals surface area (Å²) >= 11 is 0. The highest BCUT2D eigenvalue weighted by atomic mass is 16.6. The summed E-state index contributed by atoms with van der Waals surface area (Å²) < 4.78 is 0. The summed E-state index contributed by atoms with van der Waals surface area (Å²) in [4.78, 5) is 32.8. The molecule has 2 aromatic rings. The standard InChI is InChI=1S/C23H29N5O3/c1-24-13-15-25(16-14-24)17-18-26-11-4-12-27(22-6-3-2-5-21(22)26)23(29)19-7-9-20(10-8-19)28(30)31/h2-3,5-10H,4,11-18H2,1H3. The van der Waals surface area contributed by atoms with Crippen molar-refractivity contribution >= 4 is 23.0 Å². The molecule has 8 nitrogen and oxygen atoms in total. The van der Waals surface area contributed by atoms with Gasteiger partial charge in [-0.2, -0.15) is 0 Å². The van der Waals surface area contributed by atoms with Crippen LogP contribution in [0.1, 0.15) is 16.8 Å². The van der Waals surface area contributed by atoms with Gasteiger partial charge in [-0.1, -0.05) is 12.1 Å². The van der Waals surface area contributed by atoms with Crippen molar-refractivity contribution in [2.45, 2.75) is 6.42 Å². The number of para-hydroxylation sites is 2. The van der Waals surface area contributed by atoms with E-state index in [9.17, 15) is 14.9 Å². The van der Waals surface area contributed by atoms with Crippen LogP contribution < -0.4 is 9.80 Å². The molecule has 0 bridgehead atoms. The molecule has 2 aromatic carbocycles. The van der Waals surface area contributed by atoms with Crippen LogP contribution in [-0.4, -0.2) is 80.0 Å². The van der Waals surface area contributed by atoms with E-state index in [4.69, 9.17) is 0 Å². The molecule has 0 N–H and O–H groups in total. The number of fused-ring (bicyclic) bond motifs is 1. The van der Waals surface area contributed by atoms with Gasteiger partial charge in [-0.05, 0) is 37.7 Å². The summed E-state index contributed by atoms with van der Waals surface area (Å²) in [5.41, 5.74) is 2.43. The Morgan fingerprint density at radius 3 is 2.26 bits per heavy atom. The van der Waals surface area contributed by atoms with Gasteiger partial charge in [-0.25, -0.2) is 0 Å². The summed E-state index contributed by atoms with van der Waals surface area (Å²) in [5, 5.41) is 10.9. The number of hydrogen-bond acceptors (Lipinski definition) is 6. The molecule has 1 fully saturated rings. The quantitative estimate of drug-likeness (QED) is 0.544. The number of hydrogen-bond donors (Lipinski definition) is 0. The Kier molecular flexibility index (Phi) is 6.48. The van der Waals surface area contributed by atoms with Crippen molar-refractivity contribution in [2.24, 2.45) is 0 Å². The Labute approximate surface area is 182 Å². The largest absolute Gasteiger partial charge is 0.368 e. The Bertz CT molecular complexity index is 925. The topological polar surface area (TPSA) is 73.2 Å². The normalized spacial score (nSPS) is 17.8. The van der Waals surface area contributed by atoms with Gasteiger partial charge in [-0.15, -0.1) is 0 Å². The maximum absolute atomic E-state index is 13.3. The van der Waals surface area contributed by atoms with Crippen molar-refractivity contribution in [3.8, 4) is 0 Å². The van der Waals surface area contributed by atoms with E-state index in [-0.39, 0.29) is 11.6 Å². The number of piperazine rings is 1. The molecule has 0 saturated carbocycles. The fourth-order valence-corrected chi connectivity index (χ4v) is 4.28. The number of amides is 1. The van der Waals surface area contributed by atoms with Crippen LogP contribution in [0.3, 0.4) is 0 Å². The smallest absolute Gasteiger partial charge is 0.269 e. The van der Waals surface area contributed by atoms with Crippen molar-refractivity contribution in [3.05, 3.63) is 64.2 Å². The molecular weight excluding hydrogens is 394 g/mol. The number of nitrogens with zero attached hydrogens (tertiary/aromatic N) is 5. The number of non-ortho nitro benzene ring substituents is 1. The fourth-order valence-electron chi connectivity index (χ4n) is 4.28. The van der Waals surface area contributed by atoms with Gasteiger partial charge in [0.2, 0.25) is 0 Å². The van der Waals surface area contributed by atoms with E-state index in [1.54, 1.807) is 12.1 Å². The first-order valence-electron chi connectivity index (χ1n) is 10.8. The SMILES string of the molecule is CN1CCN(CCN2CCCN(C(=O)c3ccc([N+](=O)[O-])cc3)c3ccccc32)CC1. The zero-order chi connectivity index (χ0) is 21.8. The molecule has 164 valence electrons. The Morgan fingerprint density at radius 2 is 1.58 bits per heavy atom. The maximum Gasteiger partial charge on any atom is 0.269 e. The Balaban J connectivity index is 1.51. The highest BCUT2D eigenvalue weighted by Gasteiger charge is 2.26. The molecule has 1 saturated heterocycles. The van der Waals surface area contributed by atoms with Crippen LogP contribution in [0.4, 0.5) is 17.1 Å². The van der Waals surface area contributed by atoms with E-state index in [1.807, 2.05) is 23.1 Å². The molecule has 31 heavy (non-hydrogen) atoms. The third kappa shape index (κ3) is 4.86. The molecule has 2 heterocycles. The summed E-state index contributed by atoms with van der Waals surface area (Å²) in [6.07, 6.45) is 0.871. The van der Waals surface area contributed by atoms with E-state index < -0.39 is 4.92 Å². The van der Waals surface area contributed by atoms with Crippen LogP contribution in [-0.2, 0) is 0 Å². The third-order valence-electron chi connectivity index (χ3n) is 6.18. The van der Waals surface area contributed by atoms with Gasteiger partial charge in [0.05, 0.1) is 16.3 Å². The molecule has 0 atom stereocenters. The first-order chi connectivity index (χ1) is 15.0. The van der Waals surface area contributed by atoms with Gasteiger partial charge in [-0.3, -0.25) is 19.8 Å². The highest BCUT2D eigenvalue weighted by Crippen LogP contribution is 2.33. The van der Waals surface area contributed by atoms with Gasteiger partial charge in [0.15, 0.2) is 0 Å². The first-order valence-corrected chi connectivity index (χ1v) is 10.8. The zero-order valence-corrected chi connectivity index (χ0v) is 17.9. The van der Waals surface area contributed by atoms with Gasteiger partial charge in [0.25, 0.3) is 11.6 Å². The molecule has 0 radical (unpaired) electrons. The van der Waals surface area contributed by atoms with Crippen molar-refractivity contribution < 1.29 is 9.72 Å². The van der Waals surface area contributed by atoms with Crippen molar-refractivity contribution in [1.82, 2.24) is 9.80 Å². The lowest BCUT2D eigenvalue weighted by atomic mass is 10.1. The van der Waals surface area contributed by atoms with Crippen molar-refractivity contribution in [3.63, 3.8) is 0 Å². The highest BCUT2D eigenvalue weighted by molar-refractivity contribution is 6.08. The zero-order valence-electron chi connectivity index (χ0n) is 17.9. The third-order valence-corrected chi connectivity index (χ3v) is 6.18. The van der Waals surface area contributed by atoms with Crippen LogP contribution in [0.5, 0.6) is 0 Å². The minimum absolute atomic E-state index is 0.0112. The number of likely N-dealkylation sites (N-methyl/N-ethyl adjacent to an activating group) is 1. The first kappa shape index (κ1) is 21.3. The predicted molar refractivity (Wildman–Crippen MR) is 122 cm³/mol. The molecule has 2 aliphatic heterocycles. The Hall–Kier alpha value is -2.97. The van der Waals surface area contributed by atoms with E-state index in [2.05, 4.69) is 27.8 Å². The molecule has 0 aromatic heterocycles. The number of nitro groups is 1. The molecule has 2 aliphatic rings. The number of anilines is 2. The van der Waals surface area contributed by atoms with Crippen molar-refractivity contribution in [2.75, 3.05) is 69.2 Å². The summed E-state index contributed by atoms with van der Waals surface area (Å²) in [5.74, 6) is -0.122. The Morgan fingerprint density at radius 1 is 0.903 bits per heavy atom. The monoisotopic (exact) mass is 423 g/mol. The van der Waals surface area contributed by atoms with E-state index in [0.717, 1.165) is 63.6 Å². The molecule has 0 aliphatic carbocycles. The average Bonchev–Trinajstić information content (AvgIpc) is 2.98. The fraction of sp³-hybridized carbons (Fsp3) is 0.435. The molecular formula is C23H29N5O3. The molecule has 8 heteroatoms. The average molecular weight is 424 g/mol. The molecule has 0 spiro atoms. The van der Waals surface area contributed by atoms with Gasteiger partial charge < -0.3 is 14.7 Å². The minimum Gasteiger partial charge on any atom is -0.368 e. The van der Waals surface area contributed by atoms with Gasteiger partial charge in [0, 0.05) is 70.1 Å². The van der Waals surface area contributed by atoms with Crippen LogP contribution in [0.25, 0.3) is 0 Å². The number of nitro benzene ring substituents is 1. The number of carbonyl (C=O) groups is 1. The molecule has 0 unspecified atom stereocenters.